The molecule has 1 aromatic heterocycles. The standard InChI is InChI=1S/C17H27N3O5/c1-17(2,3)25-16(24)20-8-6-11(7-9-20)13(21)12-10-18(4)15(23)19(5)14(12)22/h10-11,13,21H,6-9H2,1-5H3. The highest BCUT2D eigenvalue weighted by molar-refractivity contribution is 5.68. The predicted molar refractivity (Wildman–Crippen MR) is 92.4 cm³/mol. The number of hydrogen-bond donors (Lipinski definition) is 1. The molecule has 1 saturated heterocycles. The number of amides is 1. The number of rotatable bonds is 2. The molecule has 1 N–H and O–H groups in total. The molecule has 25 heavy (non-hydrogen) atoms. The van der Waals surface area contributed by atoms with Gasteiger partial charge in [0.15, 0.2) is 0 Å². The van der Waals surface area contributed by atoms with E-state index in [4.69, 9.17) is 4.74 Å². The highest BCUT2D eigenvalue weighted by Crippen LogP contribution is 2.29. The van der Waals surface area contributed by atoms with Crippen LogP contribution in [0.4, 0.5) is 4.79 Å². The number of carbonyl (C=O) groups is 1. The molecule has 8 nitrogen and oxygen atoms in total. The Labute approximate surface area is 146 Å². The molecule has 8 heteroatoms. The van der Waals surface area contributed by atoms with Crippen LogP contribution in [0, 0.1) is 5.92 Å². The molecule has 1 fully saturated rings. The molecule has 0 radical (unpaired) electrons. The number of aliphatic hydroxyl groups is 1. The lowest BCUT2D eigenvalue weighted by Crippen LogP contribution is -2.44. The van der Waals surface area contributed by atoms with Crippen molar-refractivity contribution in [2.75, 3.05) is 13.1 Å². The average molecular weight is 353 g/mol. The first-order valence-corrected chi connectivity index (χ1v) is 8.44. The second-order valence-electron chi connectivity index (χ2n) is 7.59. The van der Waals surface area contributed by atoms with Crippen molar-refractivity contribution in [3.8, 4) is 0 Å². The third kappa shape index (κ3) is 4.31. The van der Waals surface area contributed by atoms with Gasteiger partial charge in [-0.25, -0.2) is 9.59 Å². The summed E-state index contributed by atoms with van der Waals surface area (Å²) in [6.45, 7) is 6.37. The van der Waals surface area contributed by atoms with Gasteiger partial charge in [0.2, 0.25) is 0 Å². The fourth-order valence-corrected chi connectivity index (χ4v) is 3.02. The van der Waals surface area contributed by atoms with Crippen molar-refractivity contribution in [1.82, 2.24) is 14.0 Å². The van der Waals surface area contributed by atoms with E-state index < -0.39 is 23.0 Å². The molecule has 1 aliphatic heterocycles. The first-order chi connectivity index (χ1) is 11.5. The van der Waals surface area contributed by atoms with Crippen LogP contribution < -0.4 is 11.2 Å². The van der Waals surface area contributed by atoms with Crippen LogP contribution in [0.1, 0.15) is 45.3 Å². The maximum absolute atomic E-state index is 12.3. The summed E-state index contributed by atoms with van der Waals surface area (Å²) in [5, 5.41) is 10.6. The van der Waals surface area contributed by atoms with Gasteiger partial charge in [-0.1, -0.05) is 0 Å². The lowest BCUT2D eigenvalue weighted by atomic mass is 9.88. The van der Waals surface area contributed by atoms with E-state index in [-0.39, 0.29) is 17.6 Å². The van der Waals surface area contributed by atoms with E-state index in [9.17, 15) is 19.5 Å². The van der Waals surface area contributed by atoms with Crippen LogP contribution >= 0.6 is 0 Å². The van der Waals surface area contributed by atoms with Gasteiger partial charge in [-0.3, -0.25) is 9.36 Å². The Morgan fingerprint density at radius 2 is 1.80 bits per heavy atom. The third-order valence-electron chi connectivity index (χ3n) is 4.43. The first-order valence-electron chi connectivity index (χ1n) is 8.44. The van der Waals surface area contributed by atoms with Gasteiger partial charge < -0.3 is 19.3 Å². The third-order valence-corrected chi connectivity index (χ3v) is 4.43. The second-order valence-corrected chi connectivity index (χ2v) is 7.59. The highest BCUT2D eigenvalue weighted by Gasteiger charge is 2.32. The average Bonchev–Trinajstić information content (AvgIpc) is 2.54. The number of likely N-dealkylation sites (tertiary alicyclic amines) is 1. The van der Waals surface area contributed by atoms with Gasteiger partial charge in [-0.2, -0.15) is 0 Å². The lowest BCUT2D eigenvalue weighted by Gasteiger charge is -2.35. The summed E-state index contributed by atoms with van der Waals surface area (Å²) >= 11 is 0. The van der Waals surface area contributed by atoms with Crippen LogP contribution in [0.5, 0.6) is 0 Å². The smallest absolute Gasteiger partial charge is 0.410 e. The summed E-state index contributed by atoms with van der Waals surface area (Å²) in [5.41, 5.74) is -1.25. The van der Waals surface area contributed by atoms with Crippen LogP contribution in [0.3, 0.4) is 0 Å². The maximum atomic E-state index is 12.3. The van der Waals surface area contributed by atoms with Crippen LogP contribution in [0.2, 0.25) is 0 Å². The van der Waals surface area contributed by atoms with E-state index in [1.165, 1.54) is 17.8 Å². The summed E-state index contributed by atoms with van der Waals surface area (Å²) in [6.07, 6.45) is 1.19. The van der Waals surface area contributed by atoms with E-state index in [0.717, 1.165) is 4.57 Å². The summed E-state index contributed by atoms with van der Waals surface area (Å²) in [7, 11) is 2.94. The summed E-state index contributed by atoms with van der Waals surface area (Å²) in [6, 6.07) is 0. The largest absolute Gasteiger partial charge is 0.444 e. The Morgan fingerprint density at radius 3 is 2.32 bits per heavy atom. The number of nitrogens with zero attached hydrogens (tertiary/aromatic N) is 3. The number of piperidine rings is 1. The van der Waals surface area contributed by atoms with E-state index in [0.29, 0.717) is 25.9 Å². The molecule has 1 aliphatic rings. The predicted octanol–water partition coefficient (Wildman–Crippen LogP) is 0.765. The zero-order chi connectivity index (χ0) is 18.9. The Hall–Kier alpha value is -2.09. The van der Waals surface area contributed by atoms with Gasteiger partial charge in [0.25, 0.3) is 5.56 Å². The number of aliphatic hydroxyl groups excluding tert-OH is 1. The van der Waals surface area contributed by atoms with E-state index in [2.05, 4.69) is 0 Å². The van der Waals surface area contributed by atoms with Crippen molar-refractivity contribution in [3.05, 3.63) is 32.6 Å². The number of aryl methyl sites for hydroxylation is 1. The topological polar surface area (TPSA) is 93.8 Å². The van der Waals surface area contributed by atoms with Crippen molar-refractivity contribution in [2.45, 2.75) is 45.3 Å². The number of aromatic nitrogens is 2. The molecular weight excluding hydrogens is 326 g/mol. The molecule has 140 valence electrons. The molecule has 0 bridgehead atoms. The Morgan fingerprint density at radius 1 is 1.24 bits per heavy atom. The van der Waals surface area contributed by atoms with Gasteiger partial charge in [0.05, 0.1) is 11.7 Å². The van der Waals surface area contributed by atoms with Crippen molar-refractivity contribution in [1.29, 1.82) is 0 Å². The normalized spacial score (nSPS) is 17.4. The minimum atomic E-state index is -0.966. The highest BCUT2D eigenvalue weighted by atomic mass is 16.6. The van der Waals surface area contributed by atoms with Crippen LogP contribution in [0.25, 0.3) is 0 Å². The second kappa shape index (κ2) is 7.03. The number of ether oxygens (including phenoxy) is 1. The van der Waals surface area contributed by atoms with Gasteiger partial charge in [-0.05, 0) is 39.5 Å². The zero-order valence-electron chi connectivity index (χ0n) is 15.5. The molecule has 1 atom stereocenters. The van der Waals surface area contributed by atoms with Crippen molar-refractivity contribution >= 4 is 6.09 Å². The molecule has 2 heterocycles. The Kier molecular flexibility index (Phi) is 5.41. The minimum absolute atomic E-state index is 0.149. The molecular formula is C17H27N3O5. The lowest BCUT2D eigenvalue weighted by molar-refractivity contribution is 0.00735. The fraction of sp³-hybridized carbons (Fsp3) is 0.706. The number of carbonyl (C=O) groups excluding carboxylic acids is 1. The van der Waals surface area contributed by atoms with Crippen LogP contribution in [-0.2, 0) is 18.8 Å². The quantitative estimate of drug-likeness (QED) is 0.847. The van der Waals surface area contributed by atoms with Crippen LogP contribution in [0.15, 0.2) is 15.8 Å². The van der Waals surface area contributed by atoms with Gasteiger partial charge in [0.1, 0.15) is 5.60 Å². The van der Waals surface area contributed by atoms with E-state index in [1.54, 1.807) is 11.9 Å². The van der Waals surface area contributed by atoms with Crippen molar-refractivity contribution in [2.24, 2.45) is 20.0 Å². The summed E-state index contributed by atoms with van der Waals surface area (Å²) in [5.74, 6) is -0.149. The van der Waals surface area contributed by atoms with Gasteiger partial charge >= 0.3 is 11.8 Å². The maximum Gasteiger partial charge on any atom is 0.410 e. The number of hydrogen-bond acceptors (Lipinski definition) is 5. The summed E-state index contributed by atoms with van der Waals surface area (Å²) in [4.78, 5) is 37.7. The van der Waals surface area contributed by atoms with Gasteiger partial charge in [-0.15, -0.1) is 0 Å². The fourth-order valence-electron chi connectivity index (χ4n) is 3.02. The zero-order valence-corrected chi connectivity index (χ0v) is 15.5. The Bertz CT molecular complexity index is 751. The van der Waals surface area contributed by atoms with E-state index in [1.807, 2.05) is 20.8 Å². The SMILES string of the molecule is Cn1cc(C(O)C2CCN(C(=O)OC(C)(C)C)CC2)c(=O)n(C)c1=O. The van der Waals surface area contributed by atoms with Crippen molar-refractivity contribution < 1.29 is 14.6 Å². The first kappa shape index (κ1) is 19.2. The molecule has 0 saturated carbocycles. The molecule has 1 unspecified atom stereocenters. The molecule has 0 spiro atoms. The molecule has 2 rings (SSSR count). The molecule has 0 aromatic carbocycles. The minimum Gasteiger partial charge on any atom is -0.444 e. The molecule has 0 aliphatic carbocycles. The molecule has 1 amide bonds. The molecule has 1 aromatic rings. The van der Waals surface area contributed by atoms with E-state index >= 15 is 0 Å². The van der Waals surface area contributed by atoms with Crippen LogP contribution in [-0.4, -0.2) is 43.9 Å². The van der Waals surface area contributed by atoms with Gasteiger partial charge in [0, 0.05) is 33.4 Å². The van der Waals surface area contributed by atoms with Crippen molar-refractivity contribution in [3.63, 3.8) is 0 Å². The Balaban J connectivity index is 2.08. The monoisotopic (exact) mass is 353 g/mol. The summed E-state index contributed by atoms with van der Waals surface area (Å²) < 4.78 is 7.64.